The molecule has 0 spiro atoms. The quantitative estimate of drug-likeness (QED) is 0.392. The molecule has 0 saturated heterocycles. The first-order valence-corrected chi connectivity index (χ1v) is 8.76. The van der Waals surface area contributed by atoms with Crippen LogP contribution in [-0.4, -0.2) is 4.57 Å². The zero-order valence-electron chi connectivity index (χ0n) is 14.3. The van der Waals surface area contributed by atoms with Gasteiger partial charge in [-0.25, -0.2) is 0 Å². The van der Waals surface area contributed by atoms with E-state index in [0.29, 0.717) is 0 Å². The smallest absolute Gasteiger partial charge is 0.0619 e. The van der Waals surface area contributed by atoms with Crippen molar-refractivity contribution in [2.45, 2.75) is 0 Å². The molecule has 4 aromatic carbocycles. The Labute approximate surface area is 152 Å². The molecule has 1 aromatic heterocycles. The summed E-state index contributed by atoms with van der Waals surface area (Å²) in [5.41, 5.74) is 12.7. The van der Waals surface area contributed by atoms with Gasteiger partial charge in [0.25, 0.3) is 0 Å². The molecule has 0 amide bonds. The zero-order chi connectivity index (χ0) is 17.5. The molecule has 0 fully saturated rings. The number of fused-ring (bicyclic) bond motifs is 3. The molecule has 0 bridgehead atoms. The van der Waals surface area contributed by atoms with Crippen molar-refractivity contribution in [1.29, 1.82) is 0 Å². The second-order valence-corrected chi connectivity index (χ2v) is 6.51. The van der Waals surface area contributed by atoms with Crippen molar-refractivity contribution in [1.82, 2.24) is 4.57 Å². The van der Waals surface area contributed by atoms with Crippen molar-refractivity contribution >= 4 is 27.5 Å². The Balaban J connectivity index is 1.96. The normalized spacial score (nSPS) is 11.2. The predicted octanol–water partition coefficient (Wildman–Crippen LogP) is 6.03. The highest BCUT2D eigenvalue weighted by molar-refractivity contribution is 6.13. The molecule has 0 aliphatic heterocycles. The molecule has 26 heavy (non-hydrogen) atoms. The lowest BCUT2D eigenvalue weighted by Crippen LogP contribution is -1.95. The third kappa shape index (κ3) is 2.20. The van der Waals surface area contributed by atoms with Crippen LogP contribution in [0.1, 0.15) is 0 Å². The number of benzene rings is 4. The molecular formula is C24H18N2. The van der Waals surface area contributed by atoms with E-state index < -0.39 is 0 Å². The van der Waals surface area contributed by atoms with Gasteiger partial charge >= 0.3 is 0 Å². The van der Waals surface area contributed by atoms with Crippen molar-refractivity contribution in [3.05, 3.63) is 97.1 Å². The largest absolute Gasteiger partial charge is 0.399 e. The second-order valence-electron chi connectivity index (χ2n) is 6.51. The number of nitrogen functional groups attached to an aromatic ring is 1. The summed E-state index contributed by atoms with van der Waals surface area (Å²) in [6.45, 7) is 0. The van der Waals surface area contributed by atoms with Crippen LogP contribution < -0.4 is 5.73 Å². The van der Waals surface area contributed by atoms with E-state index >= 15 is 0 Å². The van der Waals surface area contributed by atoms with Crippen molar-refractivity contribution in [3.63, 3.8) is 0 Å². The number of rotatable bonds is 2. The fraction of sp³-hybridized carbons (Fsp3) is 0. The summed E-state index contributed by atoms with van der Waals surface area (Å²) in [4.78, 5) is 0. The second kappa shape index (κ2) is 5.78. The Morgan fingerprint density at radius 1 is 0.577 bits per heavy atom. The van der Waals surface area contributed by atoms with Gasteiger partial charge in [-0.2, -0.15) is 0 Å². The van der Waals surface area contributed by atoms with Gasteiger partial charge in [-0.15, -0.1) is 0 Å². The van der Waals surface area contributed by atoms with Gasteiger partial charge in [-0.05, 0) is 35.9 Å². The van der Waals surface area contributed by atoms with Gasteiger partial charge in [0.15, 0.2) is 0 Å². The maximum absolute atomic E-state index is 5.89. The molecule has 124 valence electrons. The highest BCUT2D eigenvalue weighted by atomic mass is 15.0. The molecule has 2 nitrogen and oxygen atoms in total. The number of nitrogens with zero attached hydrogens (tertiary/aromatic N) is 1. The fourth-order valence-corrected chi connectivity index (χ4v) is 3.76. The Bertz CT molecular complexity index is 1220. The van der Waals surface area contributed by atoms with Crippen LogP contribution in [0.4, 0.5) is 5.69 Å². The number of hydrogen-bond acceptors (Lipinski definition) is 1. The average molecular weight is 334 g/mol. The number of para-hydroxylation sites is 3. The van der Waals surface area contributed by atoms with Crippen LogP contribution in [0.5, 0.6) is 0 Å². The molecule has 0 aliphatic rings. The SMILES string of the molecule is Nc1ccc(-c2cccc3c4ccccc4n(-c4ccccc4)c23)cc1. The molecular weight excluding hydrogens is 316 g/mol. The van der Waals surface area contributed by atoms with Crippen LogP contribution in [0.2, 0.25) is 0 Å². The fourth-order valence-electron chi connectivity index (χ4n) is 3.76. The molecule has 0 radical (unpaired) electrons. The Kier molecular flexibility index (Phi) is 3.29. The zero-order valence-corrected chi connectivity index (χ0v) is 14.3. The van der Waals surface area contributed by atoms with Gasteiger partial charge in [0.2, 0.25) is 0 Å². The summed E-state index contributed by atoms with van der Waals surface area (Å²) in [5, 5.41) is 2.53. The predicted molar refractivity (Wildman–Crippen MR) is 111 cm³/mol. The van der Waals surface area contributed by atoms with Crippen LogP contribution in [0, 0.1) is 0 Å². The van der Waals surface area contributed by atoms with Crippen LogP contribution in [0.25, 0.3) is 38.6 Å². The lowest BCUT2D eigenvalue weighted by molar-refractivity contribution is 1.18. The number of hydrogen-bond donors (Lipinski definition) is 1. The lowest BCUT2D eigenvalue weighted by atomic mass is 10.0. The summed E-state index contributed by atoms with van der Waals surface area (Å²) < 4.78 is 2.36. The van der Waals surface area contributed by atoms with Crippen molar-refractivity contribution in [3.8, 4) is 16.8 Å². The minimum atomic E-state index is 0.782. The van der Waals surface area contributed by atoms with Crippen molar-refractivity contribution in [2.24, 2.45) is 0 Å². The maximum atomic E-state index is 5.89. The number of nitrogens with two attached hydrogens (primary N) is 1. The first kappa shape index (κ1) is 14.8. The first-order valence-electron chi connectivity index (χ1n) is 8.76. The minimum Gasteiger partial charge on any atom is -0.399 e. The Morgan fingerprint density at radius 3 is 2.08 bits per heavy atom. The van der Waals surface area contributed by atoms with E-state index in [0.717, 1.165) is 5.69 Å². The van der Waals surface area contributed by atoms with E-state index in [2.05, 4.69) is 89.5 Å². The van der Waals surface area contributed by atoms with Gasteiger partial charge in [-0.3, -0.25) is 0 Å². The third-order valence-electron chi connectivity index (χ3n) is 4.93. The molecule has 2 N–H and O–H groups in total. The van der Waals surface area contributed by atoms with Crippen LogP contribution in [0.15, 0.2) is 97.1 Å². The summed E-state index contributed by atoms with van der Waals surface area (Å²) in [6.07, 6.45) is 0. The van der Waals surface area contributed by atoms with Crippen molar-refractivity contribution in [2.75, 3.05) is 5.73 Å². The molecule has 2 heteroatoms. The Morgan fingerprint density at radius 2 is 1.27 bits per heavy atom. The molecule has 5 aromatic rings. The summed E-state index contributed by atoms with van der Waals surface area (Å²) >= 11 is 0. The van der Waals surface area contributed by atoms with Gasteiger partial charge < -0.3 is 10.3 Å². The summed E-state index contributed by atoms with van der Waals surface area (Å²) in [6, 6.07) is 33.8. The van der Waals surface area contributed by atoms with Gasteiger partial charge in [0, 0.05) is 27.7 Å². The van der Waals surface area contributed by atoms with E-state index in [-0.39, 0.29) is 0 Å². The molecule has 0 aliphatic carbocycles. The highest BCUT2D eigenvalue weighted by Crippen LogP contribution is 2.37. The van der Waals surface area contributed by atoms with E-state index in [1.165, 1.54) is 38.6 Å². The van der Waals surface area contributed by atoms with E-state index in [9.17, 15) is 0 Å². The number of aromatic nitrogens is 1. The topological polar surface area (TPSA) is 30.9 Å². The van der Waals surface area contributed by atoms with Crippen LogP contribution in [-0.2, 0) is 0 Å². The van der Waals surface area contributed by atoms with Gasteiger partial charge in [0.05, 0.1) is 11.0 Å². The monoisotopic (exact) mass is 334 g/mol. The summed E-state index contributed by atoms with van der Waals surface area (Å²) in [5.74, 6) is 0. The Hall–Kier alpha value is -3.52. The van der Waals surface area contributed by atoms with E-state index in [1.54, 1.807) is 0 Å². The van der Waals surface area contributed by atoms with Gasteiger partial charge in [0.1, 0.15) is 0 Å². The highest BCUT2D eigenvalue weighted by Gasteiger charge is 2.15. The first-order chi connectivity index (χ1) is 12.8. The molecule has 0 unspecified atom stereocenters. The molecule has 0 saturated carbocycles. The third-order valence-corrected chi connectivity index (χ3v) is 4.93. The van der Waals surface area contributed by atoms with Crippen LogP contribution in [0.3, 0.4) is 0 Å². The summed E-state index contributed by atoms with van der Waals surface area (Å²) in [7, 11) is 0. The van der Waals surface area contributed by atoms with E-state index in [1.807, 2.05) is 12.1 Å². The number of anilines is 1. The average Bonchev–Trinajstić information content (AvgIpc) is 3.04. The van der Waals surface area contributed by atoms with Crippen molar-refractivity contribution < 1.29 is 0 Å². The van der Waals surface area contributed by atoms with E-state index in [4.69, 9.17) is 5.73 Å². The standard InChI is InChI=1S/C24H18N2/c25-18-15-13-17(14-16-18)20-10-6-11-22-21-9-4-5-12-23(21)26(24(20)22)19-7-2-1-3-8-19/h1-16H,25H2. The van der Waals surface area contributed by atoms with Gasteiger partial charge in [-0.1, -0.05) is 66.7 Å². The lowest BCUT2D eigenvalue weighted by Gasteiger charge is -2.11. The molecule has 0 atom stereocenters. The maximum Gasteiger partial charge on any atom is 0.0619 e. The molecule has 5 rings (SSSR count). The molecule has 1 heterocycles. The minimum absolute atomic E-state index is 0.782. The van der Waals surface area contributed by atoms with Crippen LogP contribution >= 0.6 is 0 Å².